The molecule has 0 radical (unpaired) electrons. The highest BCUT2D eigenvalue weighted by Gasteiger charge is 2.18. The van der Waals surface area contributed by atoms with Crippen LogP contribution in [0.15, 0.2) is 64.6 Å². The van der Waals surface area contributed by atoms with Gasteiger partial charge in [-0.1, -0.05) is 12.1 Å². The van der Waals surface area contributed by atoms with Gasteiger partial charge in [-0.05, 0) is 43.7 Å². The molecule has 3 rings (SSSR count). The molecule has 0 aliphatic heterocycles. The number of rotatable bonds is 7. The van der Waals surface area contributed by atoms with Gasteiger partial charge in [0.05, 0.1) is 5.56 Å². The second-order valence-corrected chi connectivity index (χ2v) is 7.82. The molecule has 2 aromatic carbocycles. The molecule has 0 bridgehead atoms. The number of phenolic OH excluding ortho intramolecular Hbond substituents is 1. The van der Waals surface area contributed by atoms with Crippen molar-refractivity contribution < 1.29 is 24.0 Å². The Kier molecular flexibility index (Phi) is 6.31. The number of Topliss-reactive ketones (excluding diaryl/α,β-unsaturated/α-hetero) is 1. The van der Waals surface area contributed by atoms with E-state index in [9.17, 15) is 19.2 Å². The zero-order chi connectivity index (χ0) is 21.0. The molecule has 1 N–H and O–H groups in total. The van der Waals surface area contributed by atoms with Crippen molar-refractivity contribution >= 4 is 23.2 Å². The molecule has 1 aromatic heterocycles. The van der Waals surface area contributed by atoms with Crippen LogP contribution in [0.5, 0.6) is 11.5 Å². The van der Waals surface area contributed by atoms with Gasteiger partial charge >= 0.3 is 0 Å². The van der Waals surface area contributed by atoms with Crippen molar-refractivity contribution in [2.75, 3.05) is 0 Å². The Morgan fingerprint density at radius 1 is 1.24 bits per heavy atom. The van der Waals surface area contributed by atoms with Crippen LogP contribution in [-0.4, -0.2) is 26.7 Å². The van der Waals surface area contributed by atoms with Gasteiger partial charge in [-0.3, -0.25) is 9.59 Å². The van der Waals surface area contributed by atoms with E-state index in [-0.39, 0.29) is 23.7 Å². The van der Waals surface area contributed by atoms with Crippen molar-refractivity contribution in [1.82, 2.24) is 4.98 Å². The summed E-state index contributed by atoms with van der Waals surface area (Å²) < 4.78 is 18.6. The van der Waals surface area contributed by atoms with Crippen LogP contribution in [0.4, 0.5) is 0 Å². The predicted molar refractivity (Wildman–Crippen MR) is 108 cm³/mol. The third kappa shape index (κ3) is 4.64. The molecule has 1 heterocycles. The van der Waals surface area contributed by atoms with Crippen LogP contribution in [0, 0.1) is 6.92 Å². The second-order valence-electron chi connectivity index (χ2n) is 6.39. The number of aldehydes is 1. The summed E-state index contributed by atoms with van der Waals surface area (Å²) in [5.74, 6) is 0.143. The molecule has 148 valence electrons. The van der Waals surface area contributed by atoms with Crippen LogP contribution in [0.1, 0.15) is 38.8 Å². The average Bonchev–Trinajstić information content (AvgIpc) is 2.74. The highest BCUT2D eigenvalue weighted by molar-refractivity contribution is 7.91. The summed E-state index contributed by atoms with van der Waals surface area (Å²) in [7, 11) is 0. The van der Waals surface area contributed by atoms with E-state index in [2.05, 4.69) is 4.98 Å². The van der Waals surface area contributed by atoms with E-state index in [1.807, 2.05) is 6.07 Å². The molecule has 0 saturated heterocycles. The number of carbonyl (C=O) groups excluding carboxylic acids is 2. The third-order valence-corrected chi connectivity index (χ3v) is 5.64. The van der Waals surface area contributed by atoms with Crippen molar-refractivity contribution in [3.05, 3.63) is 77.0 Å². The summed E-state index contributed by atoms with van der Waals surface area (Å²) in [4.78, 5) is 27.1. The lowest BCUT2D eigenvalue weighted by Crippen LogP contribution is -2.06. The molecule has 7 heteroatoms. The lowest BCUT2D eigenvalue weighted by molar-refractivity contribution is 0.101. The molecular formula is C22H19NO5S. The van der Waals surface area contributed by atoms with E-state index in [4.69, 9.17) is 4.74 Å². The summed E-state index contributed by atoms with van der Waals surface area (Å²) in [6.45, 7) is 3.25. The van der Waals surface area contributed by atoms with Gasteiger partial charge in [0.1, 0.15) is 24.4 Å². The van der Waals surface area contributed by atoms with Gasteiger partial charge < -0.3 is 14.4 Å². The number of nitrogens with zero attached hydrogens (tertiary/aromatic N) is 1. The van der Waals surface area contributed by atoms with Crippen LogP contribution in [-0.2, 0) is 17.8 Å². The number of aromatic nitrogens is 1. The minimum Gasteiger partial charge on any atom is -0.605 e. The maximum atomic E-state index is 12.8. The molecule has 0 spiro atoms. The number of phenols is 1. The summed E-state index contributed by atoms with van der Waals surface area (Å²) in [6.07, 6.45) is 2.13. The Hall–Kier alpha value is -3.16. The molecule has 0 aliphatic rings. The van der Waals surface area contributed by atoms with Gasteiger partial charge in [-0.25, -0.2) is 4.98 Å². The minimum absolute atomic E-state index is 0.0917. The minimum atomic E-state index is -1.54. The quantitative estimate of drug-likeness (QED) is 0.361. The number of carbonyl (C=O) groups is 2. The number of ketones is 1. The Labute approximate surface area is 171 Å². The maximum absolute atomic E-state index is 12.8. The number of pyridine rings is 1. The zero-order valence-corrected chi connectivity index (χ0v) is 16.7. The highest BCUT2D eigenvalue weighted by Crippen LogP contribution is 2.31. The molecule has 0 aliphatic carbocycles. The molecular weight excluding hydrogens is 390 g/mol. The molecule has 29 heavy (non-hydrogen) atoms. The largest absolute Gasteiger partial charge is 0.605 e. The monoisotopic (exact) mass is 409 g/mol. The first-order valence-electron chi connectivity index (χ1n) is 8.79. The van der Waals surface area contributed by atoms with Gasteiger partial charge in [0.25, 0.3) is 5.03 Å². The van der Waals surface area contributed by atoms with Gasteiger partial charge in [0.15, 0.2) is 10.7 Å². The van der Waals surface area contributed by atoms with E-state index < -0.39 is 11.2 Å². The van der Waals surface area contributed by atoms with Crippen LogP contribution in [0.2, 0.25) is 0 Å². The fraction of sp³-hybridized carbons (Fsp3) is 0.136. The number of benzene rings is 2. The van der Waals surface area contributed by atoms with Crippen molar-refractivity contribution in [2.45, 2.75) is 30.4 Å². The van der Waals surface area contributed by atoms with Crippen molar-refractivity contribution in [2.24, 2.45) is 0 Å². The lowest BCUT2D eigenvalue weighted by Gasteiger charge is -2.13. The molecule has 0 saturated carbocycles. The topological polar surface area (TPSA) is 99.6 Å². The van der Waals surface area contributed by atoms with E-state index >= 15 is 0 Å². The maximum Gasteiger partial charge on any atom is 0.250 e. The van der Waals surface area contributed by atoms with Crippen LogP contribution in [0.3, 0.4) is 0 Å². The fourth-order valence-electron chi connectivity index (χ4n) is 2.75. The summed E-state index contributed by atoms with van der Waals surface area (Å²) in [6, 6.07) is 13.3. The van der Waals surface area contributed by atoms with E-state index in [1.54, 1.807) is 37.3 Å². The second kappa shape index (κ2) is 8.89. The van der Waals surface area contributed by atoms with E-state index in [0.29, 0.717) is 33.1 Å². The summed E-state index contributed by atoms with van der Waals surface area (Å²) >= 11 is -1.54. The smallest absolute Gasteiger partial charge is 0.250 e. The third-order valence-electron chi connectivity index (χ3n) is 4.35. The van der Waals surface area contributed by atoms with Gasteiger partial charge in [0, 0.05) is 40.6 Å². The summed E-state index contributed by atoms with van der Waals surface area (Å²) in [5.41, 5.74) is 1.91. The van der Waals surface area contributed by atoms with Crippen molar-refractivity contribution in [1.29, 1.82) is 0 Å². The molecule has 6 nitrogen and oxygen atoms in total. The normalized spacial score (nSPS) is 11.7. The van der Waals surface area contributed by atoms with Crippen LogP contribution >= 0.6 is 0 Å². The molecule has 3 aromatic rings. The van der Waals surface area contributed by atoms with E-state index in [0.717, 1.165) is 5.56 Å². The molecule has 0 fully saturated rings. The SMILES string of the molecule is CC(=O)c1ccc(OCc2cccc([S+]([O-])c3cc(C=O)ccn3)c2)c(C)c1O. The first-order valence-corrected chi connectivity index (χ1v) is 9.94. The lowest BCUT2D eigenvalue weighted by atomic mass is 10.1. The van der Waals surface area contributed by atoms with E-state index in [1.165, 1.54) is 25.3 Å². The summed E-state index contributed by atoms with van der Waals surface area (Å²) in [5, 5.41) is 10.5. The first kappa shape index (κ1) is 20.6. The van der Waals surface area contributed by atoms with Gasteiger partial charge in [-0.15, -0.1) is 0 Å². The average molecular weight is 409 g/mol. The first-order chi connectivity index (χ1) is 13.9. The highest BCUT2D eigenvalue weighted by atomic mass is 32.2. The molecule has 1 atom stereocenters. The Morgan fingerprint density at radius 2 is 2.03 bits per heavy atom. The van der Waals surface area contributed by atoms with Crippen molar-refractivity contribution in [3.8, 4) is 11.5 Å². The zero-order valence-electron chi connectivity index (χ0n) is 15.9. The van der Waals surface area contributed by atoms with Crippen LogP contribution < -0.4 is 4.74 Å². The Balaban J connectivity index is 1.77. The van der Waals surface area contributed by atoms with Crippen LogP contribution in [0.25, 0.3) is 0 Å². The number of aromatic hydroxyl groups is 1. The predicted octanol–water partition coefficient (Wildman–Crippen LogP) is 3.86. The fourth-order valence-corrected chi connectivity index (χ4v) is 3.86. The number of hydrogen-bond acceptors (Lipinski definition) is 6. The molecule has 0 amide bonds. The van der Waals surface area contributed by atoms with Gasteiger partial charge in [0.2, 0.25) is 0 Å². The Morgan fingerprint density at radius 3 is 2.76 bits per heavy atom. The van der Waals surface area contributed by atoms with Crippen molar-refractivity contribution in [3.63, 3.8) is 0 Å². The number of hydrogen-bond donors (Lipinski definition) is 1. The molecule has 1 unspecified atom stereocenters. The number of ether oxygens (including phenoxy) is 1. The van der Waals surface area contributed by atoms with Gasteiger partial charge in [-0.2, -0.15) is 0 Å². The standard InChI is InChI=1S/C22H19NO5S/c1-14-20(7-6-19(15(2)25)22(14)26)28-13-17-4-3-5-18(10-17)29(27)21-11-16(12-24)8-9-23-21/h3-12,26H,13H2,1-2H3. The Bertz CT molecular complexity index is 1070.